The number of amides is 3. The molecule has 0 spiro atoms. The Labute approximate surface area is 604 Å². The summed E-state index contributed by atoms with van der Waals surface area (Å²) in [4.78, 5) is 54.7. The van der Waals surface area contributed by atoms with Gasteiger partial charge in [-0.25, -0.2) is 0 Å². The molecule has 0 atom stereocenters. The van der Waals surface area contributed by atoms with Gasteiger partial charge in [0.1, 0.15) is 25.6 Å². The van der Waals surface area contributed by atoms with E-state index in [9.17, 15) is 14.4 Å². The first-order chi connectivity index (χ1) is 49.5. The van der Waals surface area contributed by atoms with E-state index >= 15 is 0 Å². The van der Waals surface area contributed by atoms with Crippen LogP contribution in [-0.4, -0.2) is 120 Å². The van der Waals surface area contributed by atoms with Crippen molar-refractivity contribution in [2.24, 2.45) is 5.92 Å². The highest BCUT2D eigenvalue weighted by molar-refractivity contribution is 6.33. The molecule has 0 unspecified atom stereocenters. The van der Waals surface area contributed by atoms with Crippen LogP contribution in [0.5, 0.6) is 28.7 Å². The number of hydrogen-bond donors (Lipinski definition) is 0. The maximum atomic E-state index is 13.3. The third kappa shape index (κ3) is 25.9. The van der Waals surface area contributed by atoms with Crippen molar-refractivity contribution in [3.05, 3.63) is 286 Å². The van der Waals surface area contributed by atoms with Gasteiger partial charge in [-0.05, 0) is 164 Å². The summed E-state index contributed by atoms with van der Waals surface area (Å²) in [5.41, 5.74) is 9.19. The van der Waals surface area contributed by atoms with Crippen LogP contribution >= 0.6 is 11.6 Å². The molecule has 1 aromatic heterocycles. The molecule has 2 aliphatic rings. The van der Waals surface area contributed by atoms with Gasteiger partial charge in [0.05, 0.1) is 24.8 Å². The van der Waals surface area contributed by atoms with E-state index in [1.165, 1.54) is 44.1 Å². The molecule has 0 N–H and O–H groups in total. The summed E-state index contributed by atoms with van der Waals surface area (Å²) >= 11 is 6.31. The second-order valence-corrected chi connectivity index (χ2v) is 26.5. The van der Waals surface area contributed by atoms with E-state index in [0.29, 0.717) is 92.4 Å². The molecule has 3 heterocycles. The number of likely N-dealkylation sites (tertiary alicyclic amines) is 2. The first-order valence-electron chi connectivity index (χ1n) is 35.9. The summed E-state index contributed by atoms with van der Waals surface area (Å²) in [5, 5.41) is 0.454. The summed E-state index contributed by atoms with van der Waals surface area (Å²) in [6.07, 6.45) is 12.5. The lowest BCUT2D eigenvalue weighted by Gasteiger charge is -2.31. The number of aryl methyl sites for hydroxylation is 1. The van der Waals surface area contributed by atoms with Crippen LogP contribution in [-0.2, 0) is 61.9 Å². The minimum absolute atomic E-state index is 0.0169. The Kier molecular flexibility index (Phi) is 31.4. The van der Waals surface area contributed by atoms with Crippen LogP contribution < -0.4 is 23.7 Å². The fourth-order valence-electron chi connectivity index (χ4n) is 12.3. The van der Waals surface area contributed by atoms with E-state index in [1.807, 2.05) is 217 Å². The number of benzene rings is 8. The van der Waals surface area contributed by atoms with Gasteiger partial charge in [0.25, 0.3) is 5.91 Å². The Hall–Kier alpha value is -9.47. The molecule has 14 nitrogen and oxygen atoms in total. The van der Waals surface area contributed by atoms with E-state index in [1.54, 1.807) is 32.5 Å². The highest BCUT2D eigenvalue weighted by Crippen LogP contribution is 2.32. The van der Waals surface area contributed by atoms with Crippen LogP contribution in [0.2, 0.25) is 5.02 Å². The van der Waals surface area contributed by atoms with Crippen LogP contribution in [0.25, 0.3) is 0 Å². The number of aromatic nitrogens is 1. The van der Waals surface area contributed by atoms with Crippen molar-refractivity contribution < 1.29 is 38.1 Å². The fourth-order valence-corrected chi connectivity index (χ4v) is 12.6. The van der Waals surface area contributed by atoms with Crippen molar-refractivity contribution in [2.45, 2.75) is 118 Å². The predicted octanol–water partition coefficient (Wildman–Crippen LogP) is 17.1. The Bertz CT molecular complexity index is 3860. The lowest BCUT2D eigenvalue weighted by Crippen LogP contribution is -2.41. The smallest absolute Gasteiger partial charge is 0.255 e. The van der Waals surface area contributed by atoms with Gasteiger partial charge in [0, 0.05) is 83.0 Å². The van der Waals surface area contributed by atoms with E-state index in [-0.39, 0.29) is 23.6 Å². The molecule has 11 rings (SSSR count). The number of ether oxygens (including phenoxy) is 5. The molecule has 15 heteroatoms. The molecular formula is C86H101ClN6O8. The van der Waals surface area contributed by atoms with Crippen LogP contribution in [0.3, 0.4) is 0 Å². The maximum absolute atomic E-state index is 13.3. The van der Waals surface area contributed by atoms with Gasteiger partial charge in [-0.3, -0.25) is 19.4 Å². The zero-order valence-electron chi connectivity index (χ0n) is 59.5. The lowest BCUT2D eigenvalue weighted by molar-refractivity contribution is -0.135. The highest BCUT2D eigenvalue weighted by atomic mass is 35.5. The molecule has 2 saturated heterocycles. The summed E-state index contributed by atoms with van der Waals surface area (Å²) in [5.74, 6) is 3.91. The normalized spacial score (nSPS) is 12.9. The van der Waals surface area contributed by atoms with Gasteiger partial charge >= 0.3 is 0 Å². The van der Waals surface area contributed by atoms with Crippen molar-refractivity contribution in [3.63, 3.8) is 0 Å². The minimum atomic E-state index is -0.0964. The second kappa shape index (κ2) is 41.9. The third-order valence-corrected chi connectivity index (χ3v) is 18.4. The van der Waals surface area contributed by atoms with E-state index in [2.05, 4.69) is 39.0 Å². The molecule has 101 heavy (non-hydrogen) atoms. The first kappa shape index (κ1) is 75.7. The number of rotatable bonds is 32. The Morgan fingerprint density at radius 2 is 0.901 bits per heavy atom. The predicted molar refractivity (Wildman–Crippen MR) is 405 cm³/mol. The number of halogens is 1. The molecule has 0 aliphatic carbocycles. The SMILES string of the molecule is COc1cc(CN(CCN2CCCCC2)C(=O)C(C)C)ccc1OCc1ccccc1.COc1cc(CN(CCN2CCCCC2)C(=O)CCCc2ccccc2)ccc1OCc1ccccc1.O=C(c1ccccc1Cl)N(CCc1ccccn1)Cc1ccc(OCc2ccccc2)cc1. The first-order valence-corrected chi connectivity index (χ1v) is 36.3. The van der Waals surface area contributed by atoms with E-state index in [4.69, 9.17) is 35.3 Å². The van der Waals surface area contributed by atoms with Crippen molar-refractivity contribution in [3.8, 4) is 28.7 Å². The average molecular weight is 1380 g/mol. The quantitative estimate of drug-likeness (QED) is 0.0400. The highest BCUT2D eigenvalue weighted by Gasteiger charge is 2.23. The maximum Gasteiger partial charge on any atom is 0.255 e. The van der Waals surface area contributed by atoms with Crippen molar-refractivity contribution in [1.82, 2.24) is 29.5 Å². The van der Waals surface area contributed by atoms with Crippen LogP contribution in [0.1, 0.15) is 120 Å². The molecule has 2 fully saturated rings. The molecule has 2 aliphatic heterocycles. The molecule has 8 aromatic carbocycles. The van der Waals surface area contributed by atoms with Crippen LogP contribution in [0.4, 0.5) is 0 Å². The zero-order valence-corrected chi connectivity index (χ0v) is 60.3. The Balaban J connectivity index is 0.000000177. The van der Waals surface area contributed by atoms with Gasteiger partial charge in [-0.15, -0.1) is 0 Å². The number of piperidine rings is 2. The lowest BCUT2D eigenvalue weighted by atomic mass is 10.1. The minimum Gasteiger partial charge on any atom is -0.493 e. The van der Waals surface area contributed by atoms with Gasteiger partial charge in [0.15, 0.2) is 23.0 Å². The molecule has 0 saturated carbocycles. The largest absolute Gasteiger partial charge is 0.493 e. The molecule has 3 amide bonds. The third-order valence-electron chi connectivity index (χ3n) is 18.1. The molecule has 0 bridgehead atoms. The van der Waals surface area contributed by atoms with Gasteiger partial charge in [0.2, 0.25) is 11.8 Å². The number of hydrogen-bond acceptors (Lipinski definition) is 11. The fraction of sp³-hybridized carbons (Fsp3) is 0.349. The number of methoxy groups -OCH3 is 2. The van der Waals surface area contributed by atoms with Gasteiger partial charge < -0.3 is 48.2 Å². The van der Waals surface area contributed by atoms with E-state index < -0.39 is 0 Å². The number of nitrogens with zero attached hydrogens (tertiary/aromatic N) is 6. The van der Waals surface area contributed by atoms with E-state index in [0.717, 1.165) is 110 Å². The monoisotopic (exact) mass is 1380 g/mol. The Morgan fingerprint density at radius 1 is 0.446 bits per heavy atom. The standard InChI is InChI=1S/C32H40N2O3.C28H25ClN2O2.C26H36N2O3/c1-36-31-24-29(18-19-30(31)37-26-28-14-7-3-8-15-28)25-34(23-22-33-20-9-4-10-21-33)32(35)17-11-16-27-12-5-2-6-13-27;29-27-12-5-4-11-26(27)28(32)31(19-17-24-10-6-7-18-30-24)20-22-13-15-25(16-14-22)33-21-23-8-2-1-3-9-23;1-21(2)26(29)28(17-16-27-14-8-5-9-15-27)19-23-12-13-24(25(18-23)30-3)31-20-22-10-6-4-7-11-22/h2-3,5-8,12-15,18-19,24H,4,9-11,16-17,20-23,25-26H2,1H3;1-16,18H,17,19-21H2;4,6-7,10-13,18,21H,5,8-9,14-17,19-20H2,1-3H3. The Morgan fingerprint density at radius 3 is 1.40 bits per heavy atom. The number of carbonyl (C=O) groups excluding carboxylic acids is 3. The summed E-state index contributed by atoms with van der Waals surface area (Å²) in [6.45, 7) is 15.5. The summed E-state index contributed by atoms with van der Waals surface area (Å²) in [6, 6.07) is 73.5. The molecule has 530 valence electrons. The van der Waals surface area contributed by atoms with Gasteiger partial charge in [-0.2, -0.15) is 0 Å². The molecule has 9 aromatic rings. The summed E-state index contributed by atoms with van der Waals surface area (Å²) in [7, 11) is 3.32. The number of pyridine rings is 1. The van der Waals surface area contributed by atoms with Gasteiger partial charge in [-0.1, -0.05) is 202 Å². The zero-order chi connectivity index (χ0) is 70.6. The topological polar surface area (TPSA) is 126 Å². The van der Waals surface area contributed by atoms with Crippen molar-refractivity contribution in [1.29, 1.82) is 0 Å². The van der Waals surface area contributed by atoms with Crippen molar-refractivity contribution >= 4 is 29.3 Å². The molecular weight excluding hydrogens is 1280 g/mol. The second-order valence-electron chi connectivity index (χ2n) is 26.1. The van der Waals surface area contributed by atoms with Crippen LogP contribution in [0, 0.1) is 5.92 Å². The summed E-state index contributed by atoms with van der Waals surface area (Å²) < 4.78 is 29.1. The van der Waals surface area contributed by atoms with Crippen molar-refractivity contribution in [2.75, 3.05) is 73.1 Å². The molecule has 0 radical (unpaired) electrons. The number of carbonyl (C=O) groups is 3. The average Bonchev–Trinajstić information content (AvgIpc) is 0.861. The van der Waals surface area contributed by atoms with Crippen LogP contribution in [0.15, 0.2) is 231 Å².